The van der Waals surface area contributed by atoms with Gasteiger partial charge in [-0.3, -0.25) is 9.80 Å². The molecule has 33 heavy (non-hydrogen) atoms. The molecule has 5 rings (SSSR count). The second kappa shape index (κ2) is 9.58. The molecule has 1 spiro atoms. The summed E-state index contributed by atoms with van der Waals surface area (Å²) in [6, 6.07) is 20.7. The Morgan fingerprint density at radius 3 is 2.45 bits per heavy atom. The van der Waals surface area contributed by atoms with E-state index in [-0.39, 0.29) is 0 Å². The van der Waals surface area contributed by atoms with Crippen molar-refractivity contribution < 1.29 is 0 Å². The molecule has 1 atom stereocenters. The van der Waals surface area contributed by atoms with Gasteiger partial charge in [-0.15, -0.1) is 0 Å². The summed E-state index contributed by atoms with van der Waals surface area (Å²) in [7, 11) is 0. The van der Waals surface area contributed by atoms with Crippen molar-refractivity contribution >= 4 is 0 Å². The van der Waals surface area contributed by atoms with Crippen LogP contribution in [0.3, 0.4) is 0 Å². The van der Waals surface area contributed by atoms with Crippen molar-refractivity contribution in [1.82, 2.24) is 15.1 Å². The molecule has 2 heterocycles. The van der Waals surface area contributed by atoms with Crippen molar-refractivity contribution in [2.75, 3.05) is 32.7 Å². The smallest absolute Gasteiger partial charge is 0.0991 e. The van der Waals surface area contributed by atoms with Crippen LogP contribution in [-0.2, 0) is 6.54 Å². The first-order valence-corrected chi connectivity index (χ1v) is 12.8. The average molecular weight is 443 g/mol. The summed E-state index contributed by atoms with van der Waals surface area (Å²) >= 11 is 0. The number of piperazine rings is 1. The van der Waals surface area contributed by atoms with E-state index in [0.29, 0.717) is 17.4 Å². The zero-order chi connectivity index (χ0) is 22.8. The van der Waals surface area contributed by atoms with E-state index in [1.165, 1.54) is 55.5 Å². The minimum Gasteiger partial charge on any atom is -0.317 e. The van der Waals surface area contributed by atoms with Crippen LogP contribution >= 0.6 is 0 Å². The molecule has 1 unspecified atom stereocenters. The van der Waals surface area contributed by atoms with E-state index in [1.807, 2.05) is 12.1 Å². The number of piperidine rings is 1. The van der Waals surface area contributed by atoms with Crippen molar-refractivity contribution in [3.8, 4) is 6.07 Å². The van der Waals surface area contributed by atoms with E-state index < -0.39 is 0 Å². The zero-order valence-corrected chi connectivity index (χ0v) is 20.3. The number of hydrogen-bond donors (Lipinski definition) is 1. The van der Waals surface area contributed by atoms with Gasteiger partial charge >= 0.3 is 0 Å². The van der Waals surface area contributed by atoms with Crippen molar-refractivity contribution in [3.05, 3.63) is 70.8 Å². The van der Waals surface area contributed by atoms with Crippen molar-refractivity contribution in [1.29, 1.82) is 5.26 Å². The predicted octanol–water partition coefficient (Wildman–Crippen LogP) is 5.07. The van der Waals surface area contributed by atoms with Crippen molar-refractivity contribution in [2.24, 2.45) is 5.41 Å². The molecule has 1 aliphatic carbocycles. The molecule has 3 fully saturated rings. The summed E-state index contributed by atoms with van der Waals surface area (Å²) in [5.74, 6) is 0.536. The van der Waals surface area contributed by atoms with Crippen LogP contribution < -0.4 is 5.32 Å². The number of nitrogens with zero attached hydrogens (tertiary/aromatic N) is 3. The van der Waals surface area contributed by atoms with E-state index in [2.05, 4.69) is 71.4 Å². The number of nitrogens with one attached hydrogen (secondary N) is 1. The Bertz CT molecular complexity index is 975. The van der Waals surface area contributed by atoms with Gasteiger partial charge in [-0.2, -0.15) is 5.26 Å². The Labute approximate surface area is 199 Å². The molecule has 2 aromatic carbocycles. The Morgan fingerprint density at radius 1 is 1.03 bits per heavy atom. The van der Waals surface area contributed by atoms with Gasteiger partial charge in [0.2, 0.25) is 0 Å². The average Bonchev–Trinajstić information content (AvgIpc) is 2.83. The standard InChI is InChI=1S/C29H38N4/c1-22(2)26-5-3-4-6-27(26)28-21-32(20-24-9-7-23(19-30)8-10-24)15-16-33(28)25-17-29(18-25)11-13-31-14-12-29/h3-10,22,25,28,31H,11-18,20-21H2,1-2H3. The summed E-state index contributed by atoms with van der Waals surface area (Å²) in [5, 5.41) is 12.7. The minimum absolute atomic E-state index is 0.458. The van der Waals surface area contributed by atoms with Gasteiger partial charge in [-0.1, -0.05) is 50.2 Å². The molecule has 0 aromatic heterocycles. The molecule has 1 saturated carbocycles. The van der Waals surface area contributed by atoms with Crippen LogP contribution in [0.5, 0.6) is 0 Å². The maximum atomic E-state index is 9.11. The lowest BCUT2D eigenvalue weighted by Crippen LogP contribution is -2.59. The van der Waals surface area contributed by atoms with Crippen LogP contribution in [0.1, 0.15) is 73.7 Å². The van der Waals surface area contributed by atoms with Gasteiger partial charge in [-0.25, -0.2) is 0 Å². The fourth-order valence-electron chi connectivity index (χ4n) is 6.53. The lowest BCUT2D eigenvalue weighted by molar-refractivity contribution is -0.0650. The fraction of sp³-hybridized carbons (Fsp3) is 0.552. The highest BCUT2D eigenvalue weighted by Gasteiger charge is 2.49. The molecule has 1 N–H and O–H groups in total. The van der Waals surface area contributed by atoms with Gasteiger partial charge in [0.05, 0.1) is 11.6 Å². The second-order valence-corrected chi connectivity index (χ2v) is 10.9. The van der Waals surface area contributed by atoms with Gasteiger partial charge in [0, 0.05) is 38.3 Å². The van der Waals surface area contributed by atoms with Gasteiger partial charge in [0.25, 0.3) is 0 Å². The number of hydrogen-bond acceptors (Lipinski definition) is 4. The summed E-state index contributed by atoms with van der Waals surface area (Å²) in [4.78, 5) is 5.49. The van der Waals surface area contributed by atoms with E-state index >= 15 is 0 Å². The second-order valence-electron chi connectivity index (χ2n) is 10.9. The minimum atomic E-state index is 0.458. The quantitative estimate of drug-likeness (QED) is 0.702. The third-order valence-corrected chi connectivity index (χ3v) is 8.44. The summed E-state index contributed by atoms with van der Waals surface area (Å²) in [6.07, 6.45) is 5.47. The molecule has 0 radical (unpaired) electrons. The maximum Gasteiger partial charge on any atom is 0.0991 e. The first-order chi connectivity index (χ1) is 16.1. The third kappa shape index (κ3) is 4.73. The summed E-state index contributed by atoms with van der Waals surface area (Å²) in [5.41, 5.74) is 5.68. The number of nitriles is 1. The Morgan fingerprint density at radius 2 is 1.76 bits per heavy atom. The van der Waals surface area contributed by atoms with Crippen LogP contribution in [0.15, 0.2) is 48.5 Å². The van der Waals surface area contributed by atoms with E-state index in [1.54, 1.807) is 0 Å². The fourth-order valence-corrected chi connectivity index (χ4v) is 6.53. The first kappa shape index (κ1) is 22.6. The molecule has 174 valence electrons. The largest absolute Gasteiger partial charge is 0.317 e. The Hall–Kier alpha value is -2.19. The number of rotatable bonds is 5. The lowest BCUT2D eigenvalue weighted by atomic mass is 9.60. The molecule has 2 aromatic rings. The molecule has 4 heteroatoms. The van der Waals surface area contributed by atoms with Crippen LogP contribution in [-0.4, -0.2) is 48.6 Å². The first-order valence-electron chi connectivity index (χ1n) is 12.8. The molecule has 2 saturated heterocycles. The molecule has 4 nitrogen and oxygen atoms in total. The van der Waals surface area contributed by atoms with E-state index in [9.17, 15) is 0 Å². The molecule has 2 aliphatic heterocycles. The lowest BCUT2D eigenvalue weighted by Gasteiger charge is -2.57. The third-order valence-electron chi connectivity index (χ3n) is 8.44. The monoisotopic (exact) mass is 442 g/mol. The summed E-state index contributed by atoms with van der Waals surface area (Å²) in [6.45, 7) is 11.4. The SMILES string of the molecule is CC(C)c1ccccc1C1CN(Cc2ccc(C#N)cc2)CCN1C1CC2(CCNCC2)C1. The number of benzene rings is 2. The summed E-state index contributed by atoms with van der Waals surface area (Å²) < 4.78 is 0. The Kier molecular flexibility index (Phi) is 6.56. The van der Waals surface area contributed by atoms with E-state index in [0.717, 1.165) is 37.8 Å². The predicted molar refractivity (Wildman–Crippen MR) is 134 cm³/mol. The van der Waals surface area contributed by atoms with Crippen LogP contribution in [0.2, 0.25) is 0 Å². The van der Waals surface area contributed by atoms with Crippen molar-refractivity contribution in [2.45, 2.75) is 64.1 Å². The highest BCUT2D eigenvalue weighted by atomic mass is 15.3. The Balaban J connectivity index is 1.36. The molecular weight excluding hydrogens is 404 g/mol. The van der Waals surface area contributed by atoms with Gasteiger partial charge in [0.1, 0.15) is 0 Å². The highest BCUT2D eigenvalue weighted by molar-refractivity contribution is 5.34. The van der Waals surface area contributed by atoms with Crippen LogP contribution in [0.25, 0.3) is 0 Å². The maximum absolute atomic E-state index is 9.11. The van der Waals surface area contributed by atoms with Crippen LogP contribution in [0.4, 0.5) is 0 Å². The van der Waals surface area contributed by atoms with Gasteiger partial charge in [-0.05, 0) is 78.9 Å². The molecule has 0 amide bonds. The topological polar surface area (TPSA) is 42.3 Å². The highest BCUT2D eigenvalue weighted by Crippen LogP contribution is 2.52. The zero-order valence-electron chi connectivity index (χ0n) is 20.3. The molecule has 3 aliphatic rings. The molecular formula is C29H38N4. The van der Waals surface area contributed by atoms with Gasteiger partial charge < -0.3 is 5.32 Å². The van der Waals surface area contributed by atoms with Crippen LogP contribution in [0, 0.1) is 16.7 Å². The van der Waals surface area contributed by atoms with E-state index in [4.69, 9.17) is 5.26 Å². The molecule has 0 bridgehead atoms. The van der Waals surface area contributed by atoms with Crippen molar-refractivity contribution in [3.63, 3.8) is 0 Å². The normalized spacial score (nSPS) is 24.0. The van der Waals surface area contributed by atoms with Gasteiger partial charge in [0.15, 0.2) is 0 Å².